The van der Waals surface area contributed by atoms with E-state index in [1.807, 2.05) is 32.0 Å². The predicted molar refractivity (Wildman–Crippen MR) is 129 cm³/mol. The first-order valence-electron chi connectivity index (χ1n) is 9.95. The summed E-state index contributed by atoms with van der Waals surface area (Å²) in [6.45, 7) is 3.69. The summed E-state index contributed by atoms with van der Waals surface area (Å²) in [5, 5.41) is 10.5. The smallest absolute Gasteiger partial charge is 0.330 e. The molecule has 2 aromatic carbocycles. The van der Waals surface area contributed by atoms with Crippen LogP contribution in [-0.2, 0) is 20.9 Å². The Kier molecular flexibility index (Phi) is 6.28. The van der Waals surface area contributed by atoms with Gasteiger partial charge in [-0.15, -0.1) is 11.8 Å². The Morgan fingerprint density at radius 3 is 2.48 bits per heavy atom. The zero-order valence-electron chi connectivity index (χ0n) is 17.6. The van der Waals surface area contributed by atoms with Crippen LogP contribution in [0.25, 0.3) is 0 Å². The van der Waals surface area contributed by atoms with Gasteiger partial charge in [-0.25, -0.2) is 9.79 Å². The third kappa shape index (κ3) is 4.27. The molecule has 0 aliphatic carbocycles. The fraction of sp³-hybridized carbons (Fsp3) is 0.318. The SMILES string of the molecule is CC1(C)S[C@H]2N(C(=O)C2(Br)N=C(Cl)c2ccccc2)[C@H]1C(=O)OCc1ccc([N+](=O)[O-])cc1. The topological polar surface area (TPSA) is 102 Å². The minimum atomic E-state index is -1.27. The second-order valence-corrected chi connectivity index (χ2v) is 11.5. The molecule has 2 aliphatic rings. The number of carbonyl (C=O) groups excluding carboxylic acids is 2. The number of nitrogens with zero attached hydrogens (tertiary/aromatic N) is 3. The molecule has 4 rings (SSSR count). The van der Waals surface area contributed by atoms with E-state index < -0.39 is 31.5 Å². The zero-order chi connectivity index (χ0) is 24.0. The van der Waals surface area contributed by atoms with E-state index in [2.05, 4.69) is 20.9 Å². The van der Waals surface area contributed by atoms with Gasteiger partial charge in [-0.2, -0.15) is 0 Å². The molecule has 2 aliphatic heterocycles. The summed E-state index contributed by atoms with van der Waals surface area (Å²) in [7, 11) is 0. The van der Waals surface area contributed by atoms with Crippen molar-refractivity contribution >= 4 is 62.0 Å². The summed E-state index contributed by atoms with van der Waals surface area (Å²) in [6, 6.07) is 14.1. The van der Waals surface area contributed by atoms with Crippen LogP contribution in [0, 0.1) is 10.1 Å². The highest BCUT2D eigenvalue weighted by Crippen LogP contribution is 2.58. The number of nitro benzene ring substituents is 1. The molecular weight excluding hydrogens is 534 g/mol. The number of benzene rings is 2. The number of fused-ring (bicyclic) bond motifs is 1. The van der Waals surface area contributed by atoms with Crippen LogP contribution in [-0.4, -0.2) is 47.5 Å². The predicted octanol–water partition coefficient (Wildman–Crippen LogP) is 4.48. The number of amides is 1. The Hall–Kier alpha value is -2.43. The van der Waals surface area contributed by atoms with Gasteiger partial charge in [0.05, 0.1) is 4.92 Å². The van der Waals surface area contributed by atoms with Gasteiger partial charge in [-0.1, -0.05) is 41.9 Å². The minimum Gasteiger partial charge on any atom is -0.459 e. The van der Waals surface area contributed by atoms with Gasteiger partial charge in [-0.3, -0.25) is 14.9 Å². The summed E-state index contributed by atoms with van der Waals surface area (Å²) >= 11 is 11.3. The van der Waals surface area contributed by atoms with Crippen molar-refractivity contribution in [2.45, 2.75) is 41.1 Å². The number of nitro groups is 1. The van der Waals surface area contributed by atoms with E-state index in [0.29, 0.717) is 11.1 Å². The Morgan fingerprint density at radius 2 is 1.88 bits per heavy atom. The number of esters is 1. The molecule has 2 saturated heterocycles. The molecule has 0 N–H and O–H groups in total. The molecule has 1 unspecified atom stereocenters. The van der Waals surface area contributed by atoms with E-state index >= 15 is 0 Å². The molecule has 172 valence electrons. The standard InChI is InChI=1S/C22H19BrClN3O5S/c1-21(2)16(18(28)32-12-13-8-10-15(11-9-13)27(30)31)26-19(29)22(23,20(26)33-21)25-17(24)14-6-4-3-5-7-14/h3-11,16,20H,12H2,1-2H3/t16-,20+,22?/m0/s1. The van der Waals surface area contributed by atoms with Crippen molar-refractivity contribution in [3.05, 3.63) is 75.8 Å². The number of thioether (sulfide) groups is 1. The summed E-state index contributed by atoms with van der Waals surface area (Å²) < 4.78 is 3.58. The molecular formula is C22H19BrClN3O5S. The lowest BCUT2D eigenvalue weighted by atomic mass is 9.96. The number of non-ortho nitro benzene ring substituents is 1. The van der Waals surface area contributed by atoms with Crippen molar-refractivity contribution in [1.29, 1.82) is 0 Å². The number of β-lactam (4-membered cyclic amide) rings is 1. The Labute approximate surface area is 207 Å². The van der Waals surface area contributed by atoms with Gasteiger partial charge in [0.25, 0.3) is 11.6 Å². The lowest BCUT2D eigenvalue weighted by Gasteiger charge is -2.47. The summed E-state index contributed by atoms with van der Waals surface area (Å²) in [4.78, 5) is 42.4. The second kappa shape index (κ2) is 8.73. The van der Waals surface area contributed by atoms with E-state index in [1.54, 1.807) is 12.1 Å². The lowest BCUT2D eigenvalue weighted by Crippen LogP contribution is -2.70. The minimum absolute atomic E-state index is 0.0456. The fourth-order valence-electron chi connectivity index (χ4n) is 3.82. The van der Waals surface area contributed by atoms with Gasteiger partial charge >= 0.3 is 5.97 Å². The Morgan fingerprint density at radius 1 is 1.24 bits per heavy atom. The van der Waals surface area contributed by atoms with Gasteiger partial charge in [0.2, 0.25) is 4.45 Å². The number of hydrogen-bond donors (Lipinski definition) is 0. The van der Waals surface area contributed by atoms with E-state index in [-0.39, 0.29) is 23.4 Å². The number of halogens is 2. The van der Waals surface area contributed by atoms with Crippen LogP contribution in [0.15, 0.2) is 59.6 Å². The van der Waals surface area contributed by atoms with E-state index in [0.717, 1.165) is 0 Å². The summed E-state index contributed by atoms with van der Waals surface area (Å²) in [6.07, 6.45) is 0. The highest BCUT2D eigenvalue weighted by atomic mass is 79.9. The van der Waals surface area contributed by atoms with Gasteiger partial charge < -0.3 is 9.64 Å². The van der Waals surface area contributed by atoms with Crippen molar-refractivity contribution in [1.82, 2.24) is 4.90 Å². The van der Waals surface area contributed by atoms with E-state index in [1.165, 1.54) is 40.9 Å². The number of aliphatic imine (C=N–C) groups is 1. The van der Waals surface area contributed by atoms with Crippen molar-refractivity contribution < 1.29 is 19.2 Å². The number of rotatable bonds is 6. The Balaban J connectivity index is 1.49. The van der Waals surface area contributed by atoms with Crippen LogP contribution in [0.1, 0.15) is 25.0 Å². The van der Waals surface area contributed by atoms with Crippen molar-refractivity contribution in [2.24, 2.45) is 4.99 Å². The molecule has 1 amide bonds. The maximum atomic E-state index is 13.1. The first kappa shape index (κ1) is 23.7. The lowest BCUT2D eigenvalue weighted by molar-refractivity contribution is -0.384. The molecule has 3 atom stereocenters. The maximum Gasteiger partial charge on any atom is 0.330 e. The molecule has 33 heavy (non-hydrogen) atoms. The number of ether oxygens (including phenoxy) is 1. The van der Waals surface area contributed by atoms with Crippen molar-refractivity contribution in [2.75, 3.05) is 0 Å². The van der Waals surface area contributed by atoms with Crippen LogP contribution < -0.4 is 0 Å². The average molecular weight is 553 g/mol. The quantitative estimate of drug-likeness (QED) is 0.0996. The maximum absolute atomic E-state index is 13.1. The molecule has 0 spiro atoms. The Bertz CT molecular complexity index is 1140. The largest absolute Gasteiger partial charge is 0.459 e. The van der Waals surface area contributed by atoms with E-state index in [4.69, 9.17) is 16.3 Å². The molecule has 0 saturated carbocycles. The third-order valence-corrected chi connectivity index (χ3v) is 8.67. The van der Waals surface area contributed by atoms with E-state index in [9.17, 15) is 19.7 Å². The monoisotopic (exact) mass is 551 g/mol. The fourth-order valence-corrected chi connectivity index (χ4v) is 6.62. The molecule has 0 bridgehead atoms. The number of carbonyl (C=O) groups is 2. The van der Waals surface area contributed by atoms with Gasteiger partial charge in [-0.05, 0) is 47.5 Å². The summed E-state index contributed by atoms with van der Waals surface area (Å²) in [5.74, 6) is -0.911. The van der Waals surface area contributed by atoms with Crippen LogP contribution in [0.3, 0.4) is 0 Å². The molecule has 0 radical (unpaired) electrons. The molecule has 2 fully saturated rings. The highest BCUT2D eigenvalue weighted by molar-refractivity contribution is 9.10. The number of alkyl halides is 1. The number of hydrogen-bond acceptors (Lipinski definition) is 7. The van der Waals surface area contributed by atoms with Crippen LogP contribution >= 0.6 is 39.3 Å². The molecule has 2 aromatic rings. The van der Waals surface area contributed by atoms with Crippen molar-refractivity contribution in [3.63, 3.8) is 0 Å². The average Bonchev–Trinajstić information content (AvgIpc) is 3.07. The summed E-state index contributed by atoms with van der Waals surface area (Å²) in [5.41, 5.74) is 1.25. The molecule has 8 nitrogen and oxygen atoms in total. The first-order chi connectivity index (χ1) is 15.5. The highest BCUT2D eigenvalue weighted by Gasteiger charge is 2.71. The van der Waals surface area contributed by atoms with Crippen LogP contribution in [0.5, 0.6) is 0 Å². The second-order valence-electron chi connectivity index (χ2n) is 8.16. The normalized spacial score (nSPS) is 25.9. The zero-order valence-corrected chi connectivity index (χ0v) is 20.8. The van der Waals surface area contributed by atoms with Gasteiger partial charge in [0, 0.05) is 22.4 Å². The van der Waals surface area contributed by atoms with Gasteiger partial charge in [0.1, 0.15) is 23.2 Å². The van der Waals surface area contributed by atoms with Gasteiger partial charge in [0.15, 0.2) is 0 Å². The molecule has 11 heteroatoms. The van der Waals surface area contributed by atoms with Crippen LogP contribution in [0.4, 0.5) is 5.69 Å². The third-order valence-electron chi connectivity index (χ3n) is 5.49. The van der Waals surface area contributed by atoms with Crippen LogP contribution in [0.2, 0.25) is 0 Å². The van der Waals surface area contributed by atoms with Crippen molar-refractivity contribution in [3.8, 4) is 0 Å². The molecule has 2 heterocycles. The first-order valence-corrected chi connectivity index (χ1v) is 12.0. The molecule has 0 aromatic heterocycles.